The molecule has 2 saturated heterocycles. The van der Waals surface area contributed by atoms with Crippen LogP contribution in [0.4, 0.5) is 0 Å². The SMILES string of the molecule is Cc1ncsc1-c1ccc(CNC(=O)[C@@H]2C[C@@H](O)CN2C(=O)[C@@H](NC(=O)CCCCOCCCc2ccc(B3OC(C)(C)C(C)(C)O3)cc2)C(C)(C)C)cc1. The maximum atomic E-state index is 13.9. The first kappa shape index (κ1) is 42.5. The predicted molar refractivity (Wildman–Crippen MR) is 217 cm³/mol. The molecule has 0 radical (unpaired) electrons. The Balaban J connectivity index is 1.01. The molecule has 3 aromatic rings. The second-order valence-corrected chi connectivity index (χ2v) is 17.8. The number of benzene rings is 2. The Morgan fingerprint density at radius 1 is 0.982 bits per heavy atom. The van der Waals surface area contributed by atoms with Gasteiger partial charge in [0.1, 0.15) is 12.1 Å². The van der Waals surface area contributed by atoms with Gasteiger partial charge in [0.15, 0.2) is 0 Å². The number of rotatable bonds is 16. The summed E-state index contributed by atoms with van der Waals surface area (Å²) >= 11 is 1.59. The molecule has 0 saturated carbocycles. The molecule has 2 fully saturated rings. The third-order valence-corrected chi connectivity index (χ3v) is 11.9. The van der Waals surface area contributed by atoms with Crippen molar-refractivity contribution in [3.05, 3.63) is 70.9 Å². The number of aromatic nitrogens is 1. The molecule has 2 aliphatic heterocycles. The predicted octanol–water partition coefficient (Wildman–Crippen LogP) is 5.35. The summed E-state index contributed by atoms with van der Waals surface area (Å²) in [5.74, 6) is -0.926. The average molecular weight is 775 g/mol. The van der Waals surface area contributed by atoms with Crippen LogP contribution < -0.4 is 16.1 Å². The number of unbranched alkanes of at least 4 members (excludes halogenated alkanes) is 1. The largest absolute Gasteiger partial charge is 0.494 e. The minimum atomic E-state index is -0.856. The lowest BCUT2D eigenvalue weighted by Gasteiger charge is -2.35. The van der Waals surface area contributed by atoms with Crippen LogP contribution >= 0.6 is 11.3 Å². The van der Waals surface area contributed by atoms with Crippen LogP contribution in [0.3, 0.4) is 0 Å². The lowest BCUT2D eigenvalue weighted by atomic mass is 9.79. The fourth-order valence-corrected chi connectivity index (χ4v) is 7.62. The Morgan fingerprint density at radius 2 is 1.62 bits per heavy atom. The van der Waals surface area contributed by atoms with Crippen LogP contribution in [0, 0.1) is 12.3 Å². The van der Waals surface area contributed by atoms with Crippen LogP contribution in [0.2, 0.25) is 0 Å². The van der Waals surface area contributed by atoms with E-state index in [4.69, 9.17) is 14.0 Å². The number of aliphatic hydroxyl groups excluding tert-OH is 1. The fraction of sp³-hybridized carbons (Fsp3) is 0.571. The summed E-state index contributed by atoms with van der Waals surface area (Å²) in [5, 5.41) is 16.4. The van der Waals surface area contributed by atoms with Crippen molar-refractivity contribution in [2.24, 2.45) is 5.41 Å². The Bertz CT molecular complexity index is 1740. The lowest BCUT2D eigenvalue weighted by molar-refractivity contribution is -0.144. The Hall–Kier alpha value is -3.62. The number of ether oxygens (including phenoxy) is 1. The molecule has 0 unspecified atom stereocenters. The molecule has 2 aliphatic rings. The van der Waals surface area contributed by atoms with Crippen LogP contribution in [-0.4, -0.2) is 89.0 Å². The van der Waals surface area contributed by atoms with Crippen LogP contribution in [0.1, 0.15) is 97.4 Å². The van der Waals surface area contributed by atoms with E-state index < -0.39 is 23.6 Å². The third kappa shape index (κ3) is 11.0. The number of thiazole rings is 1. The van der Waals surface area contributed by atoms with E-state index in [0.29, 0.717) is 19.6 Å². The van der Waals surface area contributed by atoms with E-state index in [1.54, 1.807) is 11.3 Å². The average Bonchev–Trinajstić information content (AvgIpc) is 3.80. The third-order valence-electron chi connectivity index (χ3n) is 10.9. The van der Waals surface area contributed by atoms with Gasteiger partial charge in [-0.3, -0.25) is 14.4 Å². The first-order valence-corrected chi connectivity index (χ1v) is 20.4. The Morgan fingerprint density at radius 3 is 2.24 bits per heavy atom. The van der Waals surface area contributed by atoms with E-state index in [-0.39, 0.29) is 62.0 Å². The molecule has 0 aliphatic carbocycles. The Labute approximate surface area is 331 Å². The second kappa shape index (κ2) is 18.1. The summed E-state index contributed by atoms with van der Waals surface area (Å²) in [6.45, 7) is 17.3. The van der Waals surface area contributed by atoms with Crippen LogP contribution in [0.15, 0.2) is 54.0 Å². The normalized spacial score (nSPS) is 19.7. The number of carbonyl (C=O) groups is 3. The van der Waals surface area contributed by atoms with Crippen LogP contribution in [0.25, 0.3) is 10.4 Å². The fourth-order valence-electron chi connectivity index (χ4n) is 6.80. The van der Waals surface area contributed by atoms with Crippen molar-refractivity contribution in [3.63, 3.8) is 0 Å². The number of β-amino-alcohol motifs (C(OH)–C–C–N with tert-alkyl or cyclic N) is 1. The van der Waals surface area contributed by atoms with Gasteiger partial charge in [0.05, 0.1) is 33.4 Å². The summed E-state index contributed by atoms with van der Waals surface area (Å²) in [6.07, 6.45) is 2.69. The van der Waals surface area contributed by atoms with Crippen molar-refractivity contribution in [1.29, 1.82) is 0 Å². The molecule has 5 rings (SSSR count). The number of hydrogen-bond donors (Lipinski definition) is 3. The van der Waals surface area contributed by atoms with E-state index in [1.165, 1.54) is 10.5 Å². The molecule has 3 atom stereocenters. The summed E-state index contributed by atoms with van der Waals surface area (Å²) in [7, 11) is -0.366. The monoisotopic (exact) mass is 774 g/mol. The maximum Gasteiger partial charge on any atom is 0.494 e. The molecule has 0 spiro atoms. The van der Waals surface area contributed by atoms with Crippen molar-refractivity contribution in [1.82, 2.24) is 20.5 Å². The first-order chi connectivity index (χ1) is 25.9. The van der Waals surface area contributed by atoms with Crippen molar-refractivity contribution >= 4 is 41.6 Å². The van der Waals surface area contributed by atoms with E-state index in [9.17, 15) is 19.5 Å². The van der Waals surface area contributed by atoms with Crippen LogP contribution in [0.5, 0.6) is 0 Å². The molecule has 1 aromatic heterocycles. The van der Waals surface area contributed by atoms with E-state index in [0.717, 1.165) is 46.4 Å². The molecular formula is C42H59BN4O7S. The molecule has 13 heteroatoms. The zero-order valence-corrected chi connectivity index (χ0v) is 34.6. The summed E-state index contributed by atoms with van der Waals surface area (Å²) in [4.78, 5) is 47.2. The molecule has 3 amide bonds. The zero-order chi connectivity index (χ0) is 40.0. The second-order valence-electron chi connectivity index (χ2n) is 16.9. The molecule has 2 aromatic carbocycles. The van der Waals surface area contributed by atoms with Gasteiger partial charge in [0.2, 0.25) is 17.7 Å². The van der Waals surface area contributed by atoms with Gasteiger partial charge in [-0.15, -0.1) is 11.3 Å². The molecular weight excluding hydrogens is 715 g/mol. The van der Waals surface area contributed by atoms with Gasteiger partial charge in [0, 0.05) is 39.1 Å². The number of nitrogens with one attached hydrogen (secondary N) is 2. The van der Waals surface area contributed by atoms with E-state index >= 15 is 0 Å². The van der Waals surface area contributed by atoms with Gasteiger partial charge in [-0.25, -0.2) is 4.98 Å². The molecule has 3 N–H and O–H groups in total. The van der Waals surface area contributed by atoms with E-state index in [2.05, 4.69) is 67.6 Å². The standard InChI is InChI=1S/C42H59BN4O7S/c1-28-36(55-27-45-28)31-18-14-30(15-19-31)25-44-38(50)34-24-33(48)26-47(34)39(51)37(40(2,3)4)46-35(49)13-9-10-22-52-23-11-12-29-16-20-32(21-17-29)43-53-41(5,6)42(7,8)54-43/h14-21,27,33-34,37,48H,9-13,22-26H2,1-8H3,(H,44,50)(H,46,49)/t33-,34+,37-/m1/s1. The quantitative estimate of drug-likeness (QED) is 0.131. The number of likely N-dealkylation sites (tertiary alicyclic amines) is 1. The van der Waals surface area contributed by atoms with Gasteiger partial charge >= 0.3 is 7.12 Å². The van der Waals surface area contributed by atoms with Crippen molar-refractivity contribution in [2.45, 2.75) is 130 Å². The number of aliphatic hydroxyl groups is 1. The number of nitrogens with zero attached hydrogens (tertiary/aromatic N) is 2. The minimum absolute atomic E-state index is 0.0340. The smallest absolute Gasteiger partial charge is 0.399 e. The molecule has 298 valence electrons. The topological polar surface area (TPSA) is 139 Å². The number of carbonyl (C=O) groups excluding carboxylic acids is 3. The number of amides is 3. The maximum absolute atomic E-state index is 13.9. The molecule has 3 heterocycles. The first-order valence-electron chi connectivity index (χ1n) is 19.5. The van der Waals surface area contributed by atoms with Crippen molar-refractivity contribution in [3.8, 4) is 10.4 Å². The van der Waals surface area contributed by atoms with Gasteiger partial charge in [-0.1, -0.05) is 69.3 Å². The van der Waals surface area contributed by atoms with Gasteiger partial charge in [-0.2, -0.15) is 0 Å². The Kier molecular flexibility index (Phi) is 14.0. The van der Waals surface area contributed by atoms with Gasteiger partial charge in [-0.05, 0) is 87.9 Å². The zero-order valence-electron chi connectivity index (χ0n) is 33.8. The molecule has 0 bridgehead atoms. The van der Waals surface area contributed by atoms with Crippen molar-refractivity contribution < 1.29 is 33.5 Å². The highest BCUT2D eigenvalue weighted by atomic mass is 32.1. The number of aryl methyl sites for hydroxylation is 2. The number of hydrogen-bond acceptors (Lipinski definition) is 9. The summed E-state index contributed by atoms with van der Waals surface area (Å²) in [6, 6.07) is 14.6. The van der Waals surface area contributed by atoms with E-state index in [1.807, 2.05) is 57.5 Å². The summed E-state index contributed by atoms with van der Waals surface area (Å²) in [5.41, 5.74) is 5.67. The van der Waals surface area contributed by atoms with Gasteiger partial charge < -0.3 is 34.7 Å². The lowest BCUT2D eigenvalue weighted by Crippen LogP contribution is -2.57. The molecule has 55 heavy (non-hydrogen) atoms. The highest BCUT2D eigenvalue weighted by molar-refractivity contribution is 7.13. The highest BCUT2D eigenvalue weighted by Gasteiger charge is 2.51. The summed E-state index contributed by atoms with van der Waals surface area (Å²) < 4.78 is 18.2. The van der Waals surface area contributed by atoms with Gasteiger partial charge in [0.25, 0.3) is 0 Å². The van der Waals surface area contributed by atoms with Crippen LogP contribution in [-0.2, 0) is 41.4 Å². The molecule has 11 nitrogen and oxygen atoms in total. The minimum Gasteiger partial charge on any atom is -0.399 e. The van der Waals surface area contributed by atoms with Crippen molar-refractivity contribution in [2.75, 3.05) is 19.8 Å². The highest BCUT2D eigenvalue weighted by Crippen LogP contribution is 2.36.